The number of hydrogen-bond acceptors (Lipinski definition) is 5. The van der Waals surface area contributed by atoms with E-state index in [1.165, 1.54) is 13.0 Å². The molecule has 1 fully saturated rings. The lowest BCUT2D eigenvalue weighted by Crippen LogP contribution is -2.63. The molecule has 1 amide bonds. The number of carbonyl (C=O) groups excluding carboxylic acids is 2. The lowest BCUT2D eigenvalue weighted by atomic mass is 9.93. The average molecular weight is 291 g/mol. The SMILES string of the molecule is COc1ccc(/C=C/C(=O)OC2NC(=O)C2C(C)O)cc1. The van der Waals surface area contributed by atoms with E-state index in [0.717, 1.165) is 11.3 Å². The van der Waals surface area contributed by atoms with Crippen molar-refractivity contribution in [3.05, 3.63) is 35.9 Å². The minimum atomic E-state index is -0.859. The van der Waals surface area contributed by atoms with Gasteiger partial charge in [-0.3, -0.25) is 4.79 Å². The van der Waals surface area contributed by atoms with Gasteiger partial charge in [-0.2, -0.15) is 0 Å². The highest BCUT2D eigenvalue weighted by molar-refractivity contribution is 5.90. The molecule has 2 rings (SSSR count). The molecule has 1 heterocycles. The second-order valence-electron chi connectivity index (χ2n) is 4.74. The molecule has 21 heavy (non-hydrogen) atoms. The van der Waals surface area contributed by atoms with E-state index in [-0.39, 0.29) is 5.91 Å². The van der Waals surface area contributed by atoms with Crippen LogP contribution in [0.1, 0.15) is 12.5 Å². The summed E-state index contributed by atoms with van der Waals surface area (Å²) in [7, 11) is 1.58. The number of nitrogens with one attached hydrogen (secondary N) is 1. The topological polar surface area (TPSA) is 84.9 Å². The summed E-state index contributed by atoms with van der Waals surface area (Å²) in [5, 5.41) is 11.8. The molecule has 3 unspecified atom stereocenters. The van der Waals surface area contributed by atoms with E-state index in [1.54, 1.807) is 37.5 Å². The number of ether oxygens (including phenoxy) is 2. The van der Waals surface area contributed by atoms with E-state index < -0.39 is 24.2 Å². The molecule has 6 nitrogen and oxygen atoms in total. The Bertz CT molecular complexity index is 550. The Kier molecular flexibility index (Phi) is 4.59. The molecular weight excluding hydrogens is 274 g/mol. The fourth-order valence-corrected chi connectivity index (χ4v) is 1.99. The van der Waals surface area contributed by atoms with Crippen LogP contribution in [0.25, 0.3) is 6.08 Å². The summed E-state index contributed by atoms with van der Waals surface area (Å²) < 4.78 is 10.1. The van der Waals surface area contributed by atoms with Crippen LogP contribution in [0, 0.1) is 5.92 Å². The smallest absolute Gasteiger partial charge is 0.332 e. The third-order valence-electron chi connectivity index (χ3n) is 3.20. The number of hydrogen-bond donors (Lipinski definition) is 2. The van der Waals surface area contributed by atoms with Crippen LogP contribution in [0.15, 0.2) is 30.3 Å². The predicted octanol–water partition coefficient (Wildman–Crippen LogP) is 0.704. The number of carbonyl (C=O) groups is 2. The highest BCUT2D eigenvalue weighted by Gasteiger charge is 2.45. The van der Waals surface area contributed by atoms with Crippen LogP contribution in [-0.4, -0.2) is 36.4 Å². The summed E-state index contributed by atoms with van der Waals surface area (Å²) in [5.41, 5.74) is 0.817. The highest BCUT2D eigenvalue weighted by atomic mass is 16.6. The van der Waals surface area contributed by atoms with Gasteiger partial charge in [0.1, 0.15) is 11.7 Å². The van der Waals surface area contributed by atoms with Crippen molar-refractivity contribution in [2.75, 3.05) is 7.11 Å². The first-order valence-electron chi connectivity index (χ1n) is 6.52. The third kappa shape index (κ3) is 3.61. The fourth-order valence-electron chi connectivity index (χ4n) is 1.99. The van der Waals surface area contributed by atoms with Crippen molar-refractivity contribution in [2.45, 2.75) is 19.3 Å². The van der Waals surface area contributed by atoms with Gasteiger partial charge in [0.25, 0.3) is 0 Å². The minimum Gasteiger partial charge on any atom is -0.497 e. The fraction of sp³-hybridized carbons (Fsp3) is 0.333. The Balaban J connectivity index is 1.89. The predicted molar refractivity (Wildman–Crippen MR) is 75.2 cm³/mol. The van der Waals surface area contributed by atoms with Crippen LogP contribution in [-0.2, 0) is 14.3 Å². The van der Waals surface area contributed by atoms with Gasteiger partial charge in [-0.1, -0.05) is 12.1 Å². The molecule has 6 heteroatoms. The first kappa shape index (κ1) is 15.1. The van der Waals surface area contributed by atoms with Crippen LogP contribution in [0.3, 0.4) is 0 Å². The van der Waals surface area contributed by atoms with Crippen molar-refractivity contribution in [3.63, 3.8) is 0 Å². The molecule has 1 saturated heterocycles. The van der Waals surface area contributed by atoms with E-state index in [1.807, 2.05) is 0 Å². The van der Waals surface area contributed by atoms with Crippen molar-refractivity contribution >= 4 is 18.0 Å². The molecule has 0 saturated carbocycles. The molecule has 0 spiro atoms. The Labute approximate surface area is 122 Å². The molecule has 0 bridgehead atoms. The normalized spacial score (nSPS) is 22.3. The van der Waals surface area contributed by atoms with Crippen LogP contribution >= 0.6 is 0 Å². The number of rotatable bonds is 5. The molecule has 3 atom stereocenters. The van der Waals surface area contributed by atoms with E-state index in [4.69, 9.17) is 9.47 Å². The summed E-state index contributed by atoms with van der Waals surface area (Å²) in [6.07, 6.45) is 1.23. The van der Waals surface area contributed by atoms with Gasteiger partial charge in [-0.15, -0.1) is 0 Å². The van der Waals surface area contributed by atoms with Crippen LogP contribution < -0.4 is 10.1 Å². The molecule has 1 aromatic rings. The summed E-state index contributed by atoms with van der Waals surface area (Å²) in [6.45, 7) is 1.48. The molecule has 0 aromatic heterocycles. The van der Waals surface area contributed by atoms with Crippen molar-refractivity contribution in [1.29, 1.82) is 0 Å². The zero-order chi connectivity index (χ0) is 15.4. The van der Waals surface area contributed by atoms with Crippen molar-refractivity contribution < 1.29 is 24.2 Å². The summed E-state index contributed by atoms with van der Waals surface area (Å²) in [6, 6.07) is 7.15. The summed E-state index contributed by atoms with van der Waals surface area (Å²) >= 11 is 0. The molecular formula is C15H17NO5. The van der Waals surface area contributed by atoms with Crippen molar-refractivity contribution in [2.24, 2.45) is 5.92 Å². The number of β-lactam (4-membered cyclic amide) rings is 1. The Hall–Kier alpha value is -2.34. The summed E-state index contributed by atoms with van der Waals surface area (Å²) in [5.74, 6) is -0.876. The van der Waals surface area contributed by atoms with E-state index in [2.05, 4.69) is 5.32 Å². The van der Waals surface area contributed by atoms with E-state index in [9.17, 15) is 14.7 Å². The first-order chi connectivity index (χ1) is 10.0. The molecule has 0 aliphatic carbocycles. The van der Waals surface area contributed by atoms with Crippen LogP contribution in [0.4, 0.5) is 0 Å². The molecule has 2 N–H and O–H groups in total. The van der Waals surface area contributed by atoms with Gasteiger partial charge in [0, 0.05) is 6.08 Å². The lowest BCUT2D eigenvalue weighted by molar-refractivity contribution is -0.171. The lowest BCUT2D eigenvalue weighted by Gasteiger charge is -2.36. The number of esters is 1. The van der Waals surface area contributed by atoms with Gasteiger partial charge in [0.05, 0.1) is 13.2 Å². The Morgan fingerprint density at radius 1 is 1.38 bits per heavy atom. The third-order valence-corrected chi connectivity index (χ3v) is 3.20. The Morgan fingerprint density at radius 3 is 2.57 bits per heavy atom. The maximum absolute atomic E-state index is 11.7. The van der Waals surface area contributed by atoms with E-state index >= 15 is 0 Å². The van der Waals surface area contributed by atoms with Crippen LogP contribution in [0.2, 0.25) is 0 Å². The maximum Gasteiger partial charge on any atom is 0.332 e. The molecule has 112 valence electrons. The molecule has 1 aliphatic rings. The highest BCUT2D eigenvalue weighted by Crippen LogP contribution is 2.20. The van der Waals surface area contributed by atoms with Gasteiger partial charge < -0.3 is 19.9 Å². The number of methoxy groups -OCH3 is 1. The number of benzene rings is 1. The number of aliphatic hydroxyl groups is 1. The second kappa shape index (κ2) is 6.41. The quantitative estimate of drug-likeness (QED) is 0.474. The van der Waals surface area contributed by atoms with Crippen molar-refractivity contribution in [1.82, 2.24) is 5.32 Å². The van der Waals surface area contributed by atoms with Gasteiger partial charge >= 0.3 is 5.97 Å². The average Bonchev–Trinajstić information content (AvgIpc) is 2.44. The Morgan fingerprint density at radius 2 is 2.05 bits per heavy atom. The zero-order valence-corrected chi connectivity index (χ0v) is 11.8. The zero-order valence-electron chi connectivity index (χ0n) is 11.8. The van der Waals surface area contributed by atoms with Gasteiger partial charge in [-0.25, -0.2) is 4.79 Å². The van der Waals surface area contributed by atoms with Gasteiger partial charge in [0.15, 0.2) is 6.23 Å². The monoisotopic (exact) mass is 291 g/mol. The largest absolute Gasteiger partial charge is 0.497 e. The van der Waals surface area contributed by atoms with Crippen molar-refractivity contribution in [3.8, 4) is 5.75 Å². The summed E-state index contributed by atoms with van der Waals surface area (Å²) in [4.78, 5) is 22.9. The van der Waals surface area contributed by atoms with E-state index in [0.29, 0.717) is 0 Å². The second-order valence-corrected chi connectivity index (χ2v) is 4.74. The van der Waals surface area contributed by atoms with Gasteiger partial charge in [0.2, 0.25) is 5.91 Å². The number of aliphatic hydroxyl groups excluding tert-OH is 1. The van der Waals surface area contributed by atoms with Crippen LogP contribution in [0.5, 0.6) is 5.75 Å². The minimum absolute atomic E-state index is 0.318. The molecule has 1 aliphatic heterocycles. The van der Waals surface area contributed by atoms with Gasteiger partial charge in [-0.05, 0) is 30.7 Å². The number of amides is 1. The molecule has 0 radical (unpaired) electrons. The standard InChI is InChI=1S/C15H17NO5/c1-9(17)13-14(19)16-15(13)21-12(18)8-5-10-3-6-11(20-2)7-4-10/h3-9,13,15,17H,1-2H3,(H,16,19)/b8-5+. The molecule has 1 aromatic carbocycles. The maximum atomic E-state index is 11.7. The first-order valence-corrected chi connectivity index (χ1v) is 6.52.